The first-order chi connectivity index (χ1) is 11.1. The van der Waals surface area contributed by atoms with E-state index in [4.69, 9.17) is 9.84 Å². The maximum Gasteiger partial charge on any atom is 0.320 e. The largest absolute Gasteiger partial charge is 0.489 e. The minimum absolute atomic E-state index is 0.0375. The van der Waals surface area contributed by atoms with Crippen LogP contribution in [0.4, 0.5) is 0 Å². The lowest BCUT2D eigenvalue weighted by molar-refractivity contribution is -0.140. The van der Waals surface area contributed by atoms with E-state index in [0.29, 0.717) is 13.2 Å². The Morgan fingerprint density at radius 2 is 1.78 bits per heavy atom. The second kappa shape index (κ2) is 8.29. The van der Waals surface area contributed by atoms with Crippen LogP contribution < -0.4 is 10.1 Å². The molecule has 2 aromatic rings. The number of carbonyl (C=O) groups is 1. The maximum absolute atomic E-state index is 11.1. The molecule has 0 aliphatic heterocycles. The summed E-state index contributed by atoms with van der Waals surface area (Å²) in [7, 11) is 0. The first kappa shape index (κ1) is 17.0. The van der Waals surface area contributed by atoms with Gasteiger partial charge >= 0.3 is 5.97 Å². The predicted octanol–water partition coefficient (Wildman–Crippen LogP) is 2.86. The molecule has 0 saturated carbocycles. The number of nitrogens with zero attached hydrogens (tertiary/aromatic N) is 1. The number of nitrogens with one attached hydrogen (secondary N) is 1. The van der Waals surface area contributed by atoms with Crippen molar-refractivity contribution in [2.45, 2.75) is 33.0 Å². The third-order valence-electron chi connectivity index (χ3n) is 3.54. The highest BCUT2D eigenvalue weighted by molar-refractivity contribution is 5.73. The summed E-state index contributed by atoms with van der Waals surface area (Å²) in [5, 5.41) is 12.2. The molecular formula is C18H22N2O3. The second-order valence-electron chi connectivity index (χ2n) is 5.73. The van der Waals surface area contributed by atoms with Crippen molar-refractivity contribution in [3.05, 3.63) is 59.9 Å². The predicted molar refractivity (Wildman–Crippen MR) is 88.1 cm³/mol. The Labute approximate surface area is 136 Å². The van der Waals surface area contributed by atoms with E-state index in [9.17, 15) is 4.79 Å². The molecule has 1 aromatic heterocycles. The summed E-state index contributed by atoms with van der Waals surface area (Å²) in [5.41, 5.74) is 2.08. The number of aromatic nitrogens is 1. The number of hydrogen-bond acceptors (Lipinski definition) is 4. The maximum atomic E-state index is 11.1. The topological polar surface area (TPSA) is 71.5 Å². The van der Waals surface area contributed by atoms with Crippen molar-refractivity contribution in [3.8, 4) is 5.75 Å². The van der Waals surface area contributed by atoms with Gasteiger partial charge in [0.1, 0.15) is 18.4 Å². The number of aliphatic carboxylic acids is 1. The number of pyridine rings is 1. The average Bonchev–Trinajstić information content (AvgIpc) is 2.54. The van der Waals surface area contributed by atoms with Crippen LogP contribution in [0.5, 0.6) is 5.75 Å². The number of benzene rings is 1. The van der Waals surface area contributed by atoms with Crippen molar-refractivity contribution in [2.24, 2.45) is 5.92 Å². The summed E-state index contributed by atoms with van der Waals surface area (Å²) in [5.74, 6) is -0.00280. The van der Waals surface area contributed by atoms with Crippen molar-refractivity contribution in [1.82, 2.24) is 10.3 Å². The van der Waals surface area contributed by atoms with Gasteiger partial charge in [0.25, 0.3) is 0 Å². The molecule has 23 heavy (non-hydrogen) atoms. The van der Waals surface area contributed by atoms with Crippen LogP contribution in [0.15, 0.2) is 48.8 Å². The van der Waals surface area contributed by atoms with Gasteiger partial charge in [-0.25, -0.2) is 0 Å². The molecule has 1 heterocycles. The summed E-state index contributed by atoms with van der Waals surface area (Å²) in [4.78, 5) is 15.1. The van der Waals surface area contributed by atoms with E-state index in [1.54, 1.807) is 12.4 Å². The molecule has 0 fully saturated rings. The van der Waals surface area contributed by atoms with Crippen molar-refractivity contribution in [3.63, 3.8) is 0 Å². The third-order valence-corrected chi connectivity index (χ3v) is 3.54. The summed E-state index contributed by atoms with van der Waals surface area (Å²) in [6, 6.07) is 10.9. The van der Waals surface area contributed by atoms with Gasteiger partial charge in [0.2, 0.25) is 0 Å². The van der Waals surface area contributed by atoms with Gasteiger partial charge in [-0.2, -0.15) is 0 Å². The first-order valence-corrected chi connectivity index (χ1v) is 7.63. The molecule has 0 radical (unpaired) electrons. The van der Waals surface area contributed by atoms with Crippen LogP contribution in [-0.2, 0) is 17.9 Å². The van der Waals surface area contributed by atoms with E-state index in [-0.39, 0.29) is 5.92 Å². The van der Waals surface area contributed by atoms with Gasteiger partial charge in [-0.3, -0.25) is 9.78 Å². The molecule has 0 unspecified atom stereocenters. The molecule has 0 aliphatic carbocycles. The van der Waals surface area contributed by atoms with Gasteiger partial charge in [0.05, 0.1) is 0 Å². The molecule has 0 saturated heterocycles. The molecule has 1 aromatic carbocycles. The van der Waals surface area contributed by atoms with E-state index < -0.39 is 12.0 Å². The molecule has 0 spiro atoms. The van der Waals surface area contributed by atoms with Crippen molar-refractivity contribution >= 4 is 5.97 Å². The lowest BCUT2D eigenvalue weighted by Crippen LogP contribution is -2.40. The number of hydrogen-bond donors (Lipinski definition) is 2. The molecule has 2 rings (SSSR count). The fraction of sp³-hybridized carbons (Fsp3) is 0.333. The highest BCUT2D eigenvalue weighted by Gasteiger charge is 2.20. The fourth-order valence-corrected chi connectivity index (χ4v) is 2.19. The van der Waals surface area contributed by atoms with Crippen LogP contribution >= 0.6 is 0 Å². The van der Waals surface area contributed by atoms with Gasteiger partial charge in [-0.1, -0.05) is 26.0 Å². The Bertz CT molecular complexity index is 612. The van der Waals surface area contributed by atoms with Crippen molar-refractivity contribution < 1.29 is 14.6 Å². The quantitative estimate of drug-likeness (QED) is 0.784. The Balaban J connectivity index is 1.85. The fourth-order valence-electron chi connectivity index (χ4n) is 2.19. The highest BCUT2D eigenvalue weighted by Crippen LogP contribution is 2.14. The Morgan fingerprint density at radius 1 is 1.13 bits per heavy atom. The van der Waals surface area contributed by atoms with E-state index in [2.05, 4.69) is 10.3 Å². The normalized spacial score (nSPS) is 12.1. The van der Waals surface area contributed by atoms with E-state index in [0.717, 1.165) is 16.9 Å². The zero-order chi connectivity index (χ0) is 16.7. The average molecular weight is 314 g/mol. The summed E-state index contributed by atoms with van der Waals surface area (Å²) in [6.07, 6.45) is 3.47. The van der Waals surface area contributed by atoms with Crippen LogP contribution in [0.2, 0.25) is 0 Å². The zero-order valence-corrected chi connectivity index (χ0v) is 13.4. The second-order valence-corrected chi connectivity index (χ2v) is 5.73. The number of carboxylic acid groups (broad SMARTS) is 1. The third kappa shape index (κ3) is 5.38. The molecule has 0 bridgehead atoms. The summed E-state index contributed by atoms with van der Waals surface area (Å²) in [6.45, 7) is 4.79. The summed E-state index contributed by atoms with van der Waals surface area (Å²) >= 11 is 0. The zero-order valence-electron chi connectivity index (χ0n) is 13.4. The summed E-state index contributed by atoms with van der Waals surface area (Å²) < 4.78 is 5.71. The van der Waals surface area contributed by atoms with E-state index in [1.807, 2.05) is 50.2 Å². The van der Waals surface area contributed by atoms with Gasteiger partial charge in [-0.15, -0.1) is 0 Å². The lowest BCUT2D eigenvalue weighted by atomic mass is 10.0. The van der Waals surface area contributed by atoms with Crippen LogP contribution in [-0.4, -0.2) is 22.1 Å². The molecule has 0 amide bonds. The van der Waals surface area contributed by atoms with Crippen LogP contribution in [0.3, 0.4) is 0 Å². The highest BCUT2D eigenvalue weighted by atomic mass is 16.5. The molecule has 122 valence electrons. The van der Waals surface area contributed by atoms with Crippen LogP contribution in [0.25, 0.3) is 0 Å². The van der Waals surface area contributed by atoms with Crippen molar-refractivity contribution in [1.29, 1.82) is 0 Å². The Kier molecular flexibility index (Phi) is 6.11. The first-order valence-electron chi connectivity index (χ1n) is 7.63. The monoisotopic (exact) mass is 314 g/mol. The number of rotatable bonds is 8. The Morgan fingerprint density at radius 3 is 2.35 bits per heavy atom. The molecular weight excluding hydrogens is 292 g/mol. The lowest BCUT2D eigenvalue weighted by Gasteiger charge is -2.18. The van der Waals surface area contributed by atoms with Crippen LogP contribution in [0.1, 0.15) is 25.0 Å². The Hall–Kier alpha value is -2.40. The SMILES string of the molecule is CC(C)[C@@H](NCc1ccc(OCc2ccncc2)cc1)C(=O)O. The standard InChI is InChI=1S/C18H22N2O3/c1-13(2)17(18(21)22)20-11-14-3-5-16(6-4-14)23-12-15-7-9-19-10-8-15/h3-10,13,17,20H,11-12H2,1-2H3,(H,21,22)/t17-/m1/s1. The molecule has 1 atom stereocenters. The van der Waals surface area contributed by atoms with Crippen LogP contribution in [0, 0.1) is 5.92 Å². The molecule has 0 aliphatic rings. The van der Waals surface area contributed by atoms with Gasteiger partial charge in [0.15, 0.2) is 0 Å². The molecule has 5 heteroatoms. The van der Waals surface area contributed by atoms with Gasteiger partial charge in [0, 0.05) is 18.9 Å². The van der Waals surface area contributed by atoms with Gasteiger partial charge < -0.3 is 15.2 Å². The number of ether oxygens (including phenoxy) is 1. The molecule has 2 N–H and O–H groups in total. The van der Waals surface area contributed by atoms with E-state index >= 15 is 0 Å². The van der Waals surface area contributed by atoms with Gasteiger partial charge in [-0.05, 0) is 41.3 Å². The molecule has 5 nitrogen and oxygen atoms in total. The minimum Gasteiger partial charge on any atom is -0.489 e. The minimum atomic E-state index is -0.822. The smallest absolute Gasteiger partial charge is 0.320 e. The van der Waals surface area contributed by atoms with E-state index in [1.165, 1.54) is 0 Å². The number of carboxylic acids is 1. The van der Waals surface area contributed by atoms with Crippen molar-refractivity contribution in [2.75, 3.05) is 0 Å².